The van der Waals surface area contributed by atoms with E-state index in [9.17, 15) is 4.79 Å². The molecule has 0 radical (unpaired) electrons. The second-order valence-corrected chi connectivity index (χ2v) is 5.97. The molecule has 0 aromatic heterocycles. The van der Waals surface area contributed by atoms with Crippen LogP contribution >= 0.6 is 23.7 Å². The fourth-order valence-corrected chi connectivity index (χ4v) is 3.31. The van der Waals surface area contributed by atoms with E-state index in [2.05, 4.69) is 12.2 Å². The topological polar surface area (TPSA) is 32.3 Å². The second-order valence-electron chi connectivity index (χ2n) is 2.68. The first kappa shape index (κ1) is 13.1. The first-order chi connectivity index (χ1) is 6.10. The number of nitrogens with zero attached hydrogens (tertiary/aromatic N) is 1. The van der Waals surface area contributed by atoms with Crippen molar-refractivity contribution in [1.82, 2.24) is 9.62 Å². The summed E-state index contributed by atoms with van der Waals surface area (Å²) in [4.78, 5) is 11.1. The van der Waals surface area contributed by atoms with Gasteiger partial charge in [0.15, 0.2) is 0 Å². The molecule has 0 rings (SSSR count). The molecule has 0 aliphatic heterocycles. The van der Waals surface area contributed by atoms with Crippen LogP contribution in [0.15, 0.2) is 0 Å². The van der Waals surface area contributed by atoms with Gasteiger partial charge in [-0.1, -0.05) is 18.9 Å². The van der Waals surface area contributed by atoms with Crippen LogP contribution in [0.1, 0.15) is 13.3 Å². The number of carbonyl (C=O) groups excluding carboxylic acids is 1. The zero-order valence-corrected chi connectivity index (χ0v) is 10.3. The van der Waals surface area contributed by atoms with Gasteiger partial charge in [0, 0.05) is 13.5 Å². The van der Waals surface area contributed by atoms with Crippen molar-refractivity contribution in [3.63, 3.8) is 0 Å². The Morgan fingerprint density at radius 1 is 1.54 bits per heavy atom. The molecule has 78 valence electrons. The average molecular weight is 222 g/mol. The van der Waals surface area contributed by atoms with Gasteiger partial charge in [-0.05, 0) is 19.8 Å². The fraction of sp³-hybridized carbons (Fsp3) is 0.875. The predicted octanol–water partition coefficient (Wildman–Crippen LogP) is 1.41. The van der Waals surface area contributed by atoms with Crippen LogP contribution in [0.2, 0.25) is 0 Å². The van der Waals surface area contributed by atoms with Crippen molar-refractivity contribution in [2.45, 2.75) is 17.9 Å². The average Bonchev–Trinajstić information content (AvgIpc) is 2.03. The highest BCUT2D eigenvalue weighted by molar-refractivity contribution is 8.16. The summed E-state index contributed by atoms with van der Waals surface area (Å²) in [5, 5.41) is 2.64. The monoisotopic (exact) mass is 222 g/mol. The van der Waals surface area contributed by atoms with Crippen LogP contribution in [0.4, 0.5) is 0 Å². The van der Waals surface area contributed by atoms with Crippen molar-refractivity contribution < 1.29 is 4.79 Å². The number of hydrogen-bond donors (Lipinski definition) is 1. The van der Waals surface area contributed by atoms with E-state index in [0.29, 0.717) is 11.0 Å². The van der Waals surface area contributed by atoms with Gasteiger partial charge in [-0.3, -0.25) is 9.10 Å². The predicted molar refractivity (Wildman–Crippen MR) is 61.9 cm³/mol. The molecule has 1 unspecified atom stereocenters. The summed E-state index contributed by atoms with van der Waals surface area (Å²) in [5.41, 5.74) is 0. The minimum atomic E-state index is 0.111. The molecule has 1 amide bonds. The van der Waals surface area contributed by atoms with Crippen LogP contribution in [0.25, 0.3) is 0 Å². The van der Waals surface area contributed by atoms with Crippen molar-refractivity contribution in [3.8, 4) is 0 Å². The lowest BCUT2D eigenvalue weighted by Gasteiger charge is -2.18. The number of amides is 1. The minimum absolute atomic E-state index is 0.111. The third kappa shape index (κ3) is 7.22. The molecule has 0 fully saturated rings. The molecular formula is C8H18N2OS2. The van der Waals surface area contributed by atoms with Gasteiger partial charge in [0.2, 0.25) is 5.91 Å². The Bertz CT molecular complexity index is 153. The molecule has 0 heterocycles. The second kappa shape index (κ2) is 7.53. The van der Waals surface area contributed by atoms with E-state index in [1.807, 2.05) is 30.2 Å². The maximum atomic E-state index is 11.1. The third-order valence-electron chi connectivity index (χ3n) is 1.31. The van der Waals surface area contributed by atoms with Gasteiger partial charge >= 0.3 is 0 Å². The van der Waals surface area contributed by atoms with Crippen molar-refractivity contribution in [2.75, 3.05) is 26.9 Å². The van der Waals surface area contributed by atoms with Crippen molar-refractivity contribution in [2.24, 2.45) is 0 Å². The van der Waals surface area contributed by atoms with E-state index >= 15 is 0 Å². The van der Waals surface area contributed by atoms with Crippen molar-refractivity contribution in [3.05, 3.63) is 0 Å². The Hall–Kier alpha value is 0.130. The zero-order valence-electron chi connectivity index (χ0n) is 8.66. The van der Waals surface area contributed by atoms with Gasteiger partial charge in [-0.2, -0.15) is 0 Å². The fourth-order valence-electron chi connectivity index (χ4n) is 0.801. The first-order valence-corrected chi connectivity index (χ1v) is 6.15. The SMILES string of the molecule is CCSC(CC(=O)NC)SN(C)C. The van der Waals surface area contributed by atoms with Gasteiger partial charge in [0.1, 0.15) is 0 Å². The molecule has 1 N–H and O–H groups in total. The molecular weight excluding hydrogens is 204 g/mol. The van der Waals surface area contributed by atoms with Crippen LogP contribution < -0.4 is 5.32 Å². The summed E-state index contributed by atoms with van der Waals surface area (Å²) in [6.07, 6.45) is 0.581. The third-order valence-corrected chi connectivity index (χ3v) is 3.67. The highest BCUT2D eigenvalue weighted by Gasteiger charge is 2.14. The molecule has 1 atom stereocenters. The first-order valence-electron chi connectivity index (χ1n) is 4.26. The van der Waals surface area contributed by atoms with Gasteiger partial charge in [0.05, 0.1) is 4.58 Å². The summed E-state index contributed by atoms with van der Waals surface area (Å²) >= 11 is 3.51. The Morgan fingerprint density at radius 2 is 2.15 bits per heavy atom. The van der Waals surface area contributed by atoms with Gasteiger partial charge in [-0.15, -0.1) is 11.8 Å². The normalized spacial score (nSPS) is 13.0. The Labute approximate surface area is 89.1 Å². The molecule has 0 bridgehead atoms. The Morgan fingerprint density at radius 3 is 2.54 bits per heavy atom. The van der Waals surface area contributed by atoms with Crippen LogP contribution in [0.3, 0.4) is 0 Å². The molecule has 0 aliphatic carbocycles. The molecule has 3 nitrogen and oxygen atoms in total. The van der Waals surface area contributed by atoms with E-state index < -0.39 is 0 Å². The summed E-state index contributed by atoms with van der Waals surface area (Å²) < 4.78 is 2.37. The van der Waals surface area contributed by atoms with Crippen LogP contribution in [0, 0.1) is 0 Å². The van der Waals surface area contributed by atoms with Crippen LogP contribution in [-0.2, 0) is 4.79 Å². The van der Waals surface area contributed by atoms with E-state index in [-0.39, 0.29) is 5.91 Å². The van der Waals surface area contributed by atoms with Crippen molar-refractivity contribution >= 4 is 29.6 Å². The highest BCUT2D eigenvalue weighted by atomic mass is 32.2. The molecule has 0 spiro atoms. The summed E-state index contributed by atoms with van der Waals surface area (Å²) in [5.74, 6) is 1.16. The van der Waals surface area contributed by atoms with E-state index in [4.69, 9.17) is 0 Å². The van der Waals surface area contributed by atoms with E-state index in [0.717, 1.165) is 5.75 Å². The molecule has 0 aromatic rings. The number of thioether (sulfide) groups is 1. The van der Waals surface area contributed by atoms with E-state index in [1.54, 1.807) is 19.0 Å². The number of carbonyl (C=O) groups is 1. The quantitative estimate of drug-likeness (QED) is 0.544. The number of rotatable bonds is 6. The molecule has 0 saturated carbocycles. The lowest BCUT2D eigenvalue weighted by Crippen LogP contribution is -2.22. The molecule has 13 heavy (non-hydrogen) atoms. The van der Waals surface area contributed by atoms with Gasteiger partial charge in [0.25, 0.3) is 0 Å². The summed E-state index contributed by atoms with van der Waals surface area (Å²) in [6, 6.07) is 0. The molecule has 0 aliphatic rings. The Kier molecular flexibility index (Phi) is 7.60. The van der Waals surface area contributed by atoms with Crippen LogP contribution in [-0.4, -0.2) is 41.7 Å². The Balaban J connectivity index is 3.86. The number of hydrogen-bond acceptors (Lipinski definition) is 4. The molecule has 0 saturated heterocycles. The lowest BCUT2D eigenvalue weighted by atomic mass is 10.4. The number of nitrogens with one attached hydrogen (secondary N) is 1. The van der Waals surface area contributed by atoms with Gasteiger partial charge in [-0.25, -0.2) is 0 Å². The maximum Gasteiger partial charge on any atom is 0.221 e. The van der Waals surface area contributed by atoms with Crippen LogP contribution in [0.5, 0.6) is 0 Å². The molecule has 0 aromatic carbocycles. The smallest absolute Gasteiger partial charge is 0.221 e. The maximum absolute atomic E-state index is 11.1. The largest absolute Gasteiger partial charge is 0.359 e. The van der Waals surface area contributed by atoms with E-state index in [1.165, 1.54) is 0 Å². The summed E-state index contributed by atoms with van der Waals surface area (Å²) in [6.45, 7) is 2.11. The lowest BCUT2D eigenvalue weighted by molar-refractivity contribution is -0.120. The van der Waals surface area contributed by atoms with Crippen molar-refractivity contribution in [1.29, 1.82) is 0 Å². The summed E-state index contributed by atoms with van der Waals surface area (Å²) in [7, 11) is 5.67. The zero-order chi connectivity index (χ0) is 10.3. The minimum Gasteiger partial charge on any atom is -0.359 e. The molecule has 5 heteroatoms. The van der Waals surface area contributed by atoms with Gasteiger partial charge < -0.3 is 5.32 Å². The standard InChI is InChI=1S/C8H18N2OS2/c1-5-12-8(13-10(3)4)6-7(11)9-2/h8H,5-6H2,1-4H3,(H,9,11). The highest BCUT2D eigenvalue weighted by Crippen LogP contribution is 2.27.